The van der Waals surface area contributed by atoms with E-state index in [1.165, 1.54) is 4.88 Å². The highest BCUT2D eigenvalue weighted by molar-refractivity contribution is 7.09. The maximum Gasteiger partial charge on any atom is 0.144 e. The Hall–Kier alpha value is -1.70. The standard InChI is InChI=1S/C14H15N3S/c1-17(8-6-13-5-3-9-18-13)11-12-4-2-7-16-14(12)10-15/h2-5,7,9H,6,8,11H2,1H3. The molecule has 0 N–H and O–H groups in total. The number of hydrogen-bond acceptors (Lipinski definition) is 4. The number of nitriles is 1. The molecule has 0 unspecified atom stereocenters. The summed E-state index contributed by atoms with van der Waals surface area (Å²) in [6.45, 7) is 1.75. The van der Waals surface area contributed by atoms with Crippen LogP contribution in [0, 0.1) is 11.3 Å². The van der Waals surface area contributed by atoms with E-state index in [1.54, 1.807) is 17.5 Å². The van der Waals surface area contributed by atoms with Gasteiger partial charge in [0.05, 0.1) is 0 Å². The SMILES string of the molecule is CN(CCc1cccs1)Cc1cccnc1C#N. The second-order valence-electron chi connectivity index (χ2n) is 4.19. The zero-order valence-electron chi connectivity index (χ0n) is 10.3. The van der Waals surface area contributed by atoms with Gasteiger partial charge in [0.25, 0.3) is 0 Å². The number of hydrogen-bond donors (Lipinski definition) is 0. The third-order valence-corrected chi connectivity index (χ3v) is 3.69. The van der Waals surface area contributed by atoms with Crippen molar-refractivity contribution in [1.29, 1.82) is 5.26 Å². The van der Waals surface area contributed by atoms with Gasteiger partial charge in [-0.25, -0.2) is 4.98 Å². The summed E-state index contributed by atoms with van der Waals surface area (Å²) in [5, 5.41) is 11.1. The van der Waals surface area contributed by atoms with Crippen molar-refractivity contribution in [3.8, 4) is 6.07 Å². The third kappa shape index (κ3) is 3.39. The lowest BCUT2D eigenvalue weighted by molar-refractivity contribution is 0.331. The van der Waals surface area contributed by atoms with Crippen LogP contribution in [0.15, 0.2) is 35.8 Å². The van der Waals surface area contributed by atoms with Gasteiger partial charge in [0.1, 0.15) is 11.8 Å². The lowest BCUT2D eigenvalue weighted by Gasteiger charge is -2.16. The molecule has 0 aliphatic rings. The van der Waals surface area contributed by atoms with Crippen molar-refractivity contribution in [2.24, 2.45) is 0 Å². The molecule has 3 nitrogen and oxygen atoms in total. The predicted molar refractivity (Wildman–Crippen MR) is 73.3 cm³/mol. The lowest BCUT2D eigenvalue weighted by atomic mass is 10.2. The molecule has 0 bridgehead atoms. The van der Waals surface area contributed by atoms with Crippen LogP contribution in [0.5, 0.6) is 0 Å². The number of aromatic nitrogens is 1. The Bertz CT molecular complexity index is 528. The van der Waals surface area contributed by atoms with Gasteiger partial charge in [-0.15, -0.1) is 11.3 Å². The first-order valence-corrected chi connectivity index (χ1v) is 6.72. The summed E-state index contributed by atoms with van der Waals surface area (Å²) in [5.74, 6) is 0. The molecule has 0 saturated heterocycles. The van der Waals surface area contributed by atoms with Crippen molar-refractivity contribution >= 4 is 11.3 Å². The van der Waals surface area contributed by atoms with Crippen molar-refractivity contribution in [1.82, 2.24) is 9.88 Å². The fourth-order valence-electron chi connectivity index (χ4n) is 1.79. The van der Waals surface area contributed by atoms with Crippen LogP contribution in [0.25, 0.3) is 0 Å². The maximum absolute atomic E-state index is 8.98. The minimum absolute atomic E-state index is 0.528. The van der Waals surface area contributed by atoms with Crippen LogP contribution in [0.2, 0.25) is 0 Å². The zero-order chi connectivity index (χ0) is 12.8. The smallest absolute Gasteiger partial charge is 0.144 e. The Labute approximate surface area is 111 Å². The van der Waals surface area contributed by atoms with Crippen molar-refractivity contribution in [2.75, 3.05) is 13.6 Å². The van der Waals surface area contributed by atoms with E-state index in [4.69, 9.17) is 5.26 Å². The second kappa shape index (κ2) is 6.29. The molecular formula is C14H15N3S. The van der Waals surface area contributed by atoms with E-state index in [2.05, 4.69) is 40.5 Å². The highest BCUT2D eigenvalue weighted by Crippen LogP contribution is 2.11. The number of thiophene rings is 1. The van der Waals surface area contributed by atoms with E-state index in [0.29, 0.717) is 5.69 Å². The van der Waals surface area contributed by atoms with Crippen molar-refractivity contribution < 1.29 is 0 Å². The molecule has 0 aliphatic carbocycles. The Kier molecular flexibility index (Phi) is 4.46. The van der Waals surface area contributed by atoms with Gasteiger partial charge in [-0.2, -0.15) is 5.26 Å². The van der Waals surface area contributed by atoms with Crippen molar-refractivity contribution in [2.45, 2.75) is 13.0 Å². The minimum Gasteiger partial charge on any atom is -0.302 e. The van der Waals surface area contributed by atoms with Crippen LogP contribution in [0.1, 0.15) is 16.1 Å². The lowest BCUT2D eigenvalue weighted by Crippen LogP contribution is -2.21. The molecule has 18 heavy (non-hydrogen) atoms. The van der Waals surface area contributed by atoms with Crippen LogP contribution in [-0.4, -0.2) is 23.5 Å². The van der Waals surface area contributed by atoms with E-state index in [0.717, 1.165) is 25.1 Å². The predicted octanol–water partition coefficient (Wildman–Crippen LogP) is 2.69. The van der Waals surface area contributed by atoms with Gasteiger partial charge in [-0.3, -0.25) is 0 Å². The largest absolute Gasteiger partial charge is 0.302 e. The van der Waals surface area contributed by atoms with Gasteiger partial charge < -0.3 is 4.90 Å². The van der Waals surface area contributed by atoms with E-state index < -0.39 is 0 Å². The average Bonchev–Trinajstić information content (AvgIpc) is 2.90. The molecule has 2 aromatic rings. The van der Waals surface area contributed by atoms with Crippen LogP contribution in [0.3, 0.4) is 0 Å². The highest BCUT2D eigenvalue weighted by atomic mass is 32.1. The summed E-state index contributed by atoms with van der Waals surface area (Å²) in [7, 11) is 2.07. The molecular weight excluding hydrogens is 242 g/mol. The summed E-state index contributed by atoms with van der Waals surface area (Å²) in [6.07, 6.45) is 2.71. The molecule has 4 heteroatoms. The third-order valence-electron chi connectivity index (χ3n) is 2.76. The Balaban J connectivity index is 1.91. The monoisotopic (exact) mass is 257 g/mol. The number of pyridine rings is 1. The van der Waals surface area contributed by atoms with Crippen molar-refractivity contribution in [3.05, 3.63) is 52.0 Å². The maximum atomic E-state index is 8.98. The molecule has 0 amide bonds. The molecule has 0 aromatic carbocycles. The van der Waals surface area contributed by atoms with E-state index in [1.807, 2.05) is 12.1 Å². The quantitative estimate of drug-likeness (QED) is 0.826. The molecule has 2 heterocycles. The van der Waals surface area contributed by atoms with E-state index in [-0.39, 0.29) is 0 Å². The first kappa shape index (κ1) is 12.7. The van der Waals surface area contributed by atoms with Crippen LogP contribution in [-0.2, 0) is 13.0 Å². The van der Waals surface area contributed by atoms with Crippen LogP contribution >= 0.6 is 11.3 Å². The topological polar surface area (TPSA) is 39.9 Å². The fourth-order valence-corrected chi connectivity index (χ4v) is 2.49. The Morgan fingerprint density at radius 1 is 1.39 bits per heavy atom. The summed E-state index contributed by atoms with van der Waals surface area (Å²) >= 11 is 1.79. The molecule has 0 aliphatic heterocycles. The summed E-state index contributed by atoms with van der Waals surface area (Å²) < 4.78 is 0. The molecule has 0 saturated carbocycles. The fraction of sp³-hybridized carbons (Fsp3) is 0.286. The van der Waals surface area contributed by atoms with Gasteiger partial charge in [0, 0.05) is 29.7 Å². The molecule has 2 aromatic heterocycles. The summed E-state index contributed by atoms with van der Waals surface area (Å²) in [5.41, 5.74) is 1.52. The first-order chi connectivity index (χ1) is 8.79. The first-order valence-electron chi connectivity index (χ1n) is 5.84. The molecule has 0 atom stereocenters. The molecule has 92 valence electrons. The zero-order valence-corrected chi connectivity index (χ0v) is 11.2. The van der Waals surface area contributed by atoms with Crippen LogP contribution in [0.4, 0.5) is 0 Å². The van der Waals surface area contributed by atoms with E-state index >= 15 is 0 Å². The van der Waals surface area contributed by atoms with E-state index in [9.17, 15) is 0 Å². The average molecular weight is 257 g/mol. The molecule has 0 spiro atoms. The normalized spacial score (nSPS) is 10.5. The Morgan fingerprint density at radius 3 is 3.00 bits per heavy atom. The highest BCUT2D eigenvalue weighted by Gasteiger charge is 2.06. The molecule has 2 rings (SSSR count). The number of likely N-dealkylation sites (N-methyl/N-ethyl adjacent to an activating group) is 1. The van der Waals surface area contributed by atoms with Gasteiger partial charge >= 0.3 is 0 Å². The second-order valence-corrected chi connectivity index (χ2v) is 5.22. The summed E-state index contributed by atoms with van der Waals surface area (Å²) in [4.78, 5) is 7.69. The van der Waals surface area contributed by atoms with Crippen LogP contribution < -0.4 is 0 Å². The van der Waals surface area contributed by atoms with Gasteiger partial charge in [0.2, 0.25) is 0 Å². The summed E-state index contributed by atoms with van der Waals surface area (Å²) in [6, 6.07) is 10.2. The minimum atomic E-state index is 0.528. The number of nitrogens with zero attached hydrogens (tertiary/aromatic N) is 3. The molecule has 0 fully saturated rings. The van der Waals surface area contributed by atoms with Crippen molar-refractivity contribution in [3.63, 3.8) is 0 Å². The van der Waals surface area contributed by atoms with Gasteiger partial charge in [-0.05, 0) is 31.0 Å². The Morgan fingerprint density at radius 2 is 2.28 bits per heavy atom. The molecule has 0 radical (unpaired) electrons. The number of rotatable bonds is 5. The van der Waals surface area contributed by atoms with Gasteiger partial charge in [0.15, 0.2) is 0 Å². The van der Waals surface area contributed by atoms with Gasteiger partial charge in [-0.1, -0.05) is 12.1 Å².